The van der Waals surface area contributed by atoms with Crippen molar-refractivity contribution in [1.29, 1.82) is 0 Å². The highest BCUT2D eigenvalue weighted by molar-refractivity contribution is 7.80. The summed E-state index contributed by atoms with van der Waals surface area (Å²) in [5.74, 6) is 0. The second-order valence-electron chi connectivity index (χ2n) is 9.44. The molecule has 178 valence electrons. The van der Waals surface area contributed by atoms with Crippen LogP contribution in [0.3, 0.4) is 0 Å². The van der Waals surface area contributed by atoms with Gasteiger partial charge in [0.2, 0.25) is 0 Å². The minimum Gasteiger partial charge on any atom is -0.351 e. The van der Waals surface area contributed by atoms with Crippen LogP contribution in [0.1, 0.15) is 51.4 Å². The van der Waals surface area contributed by atoms with Crippen LogP contribution in [0.5, 0.6) is 0 Å². The van der Waals surface area contributed by atoms with Crippen LogP contribution in [-0.4, -0.2) is 14.7 Å². The molecule has 0 aliphatic carbocycles. The summed E-state index contributed by atoms with van der Waals surface area (Å²) >= 11 is 12.3. The van der Waals surface area contributed by atoms with E-state index in [1.807, 2.05) is 30.5 Å². The van der Waals surface area contributed by atoms with Gasteiger partial charge in [-0.15, -0.1) is 0 Å². The van der Waals surface area contributed by atoms with E-state index in [1.54, 1.807) is 0 Å². The van der Waals surface area contributed by atoms with Crippen LogP contribution in [-0.2, 0) is 0 Å². The molecule has 1 saturated heterocycles. The molecule has 2 atom stereocenters. The molecule has 3 heterocycles. The molecule has 4 aromatic rings. The Hall–Kier alpha value is -3.15. The van der Waals surface area contributed by atoms with Crippen LogP contribution >= 0.6 is 23.8 Å². The zero-order valence-corrected chi connectivity index (χ0v) is 22.2. The van der Waals surface area contributed by atoms with E-state index < -0.39 is 0 Å². The molecule has 0 radical (unpaired) electrons. The van der Waals surface area contributed by atoms with Crippen molar-refractivity contribution >= 4 is 34.6 Å². The predicted octanol–water partition coefficient (Wildman–Crippen LogP) is 7.24. The van der Waals surface area contributed by atoms with Crippen LogP contribution in [0.2, 0.25) is 5.02 Å². The van der Waals surface area contributed by atoms with Gasteiger partial charge < -0.3 is 14.8 Å². The standard InChI is InChI=1S/C29H29ClN4S/c1-17-12-18(2)14-23(13-17)34-28(27(32-29(34)35)25-8-6-7-11-31-25)24-15-20(4)33(21(24)5)26-16-22(30)10-9-19(26)3/h6-16,27-28H,1-5H3,(H,32,35)/t27-,28+/m0/s1. The number of hydrogen-bond donors (Lipinski definition) is 1. The van der Waals surface area contributed by atoms with Gasteiger partial charge in [0.05, 0.1) is 17.8 Å². The Labute approximate surface area is 217 Å². The largest absolute Gasteiger partial charge is 0.351 e. The lowest BCUT2D eigenvalue weighted by Crippen LogP contribution is -2.29. The first kappa shape index (κ1) is 23.6. The summed E-state index contributed by atoms with van der Waals surface area (Å²) in [5, 5.41) is 5.02. The van der Waals surface area contributed by atoms with Gasteiger partial charge in [-0.05, 0) is 112 Å². The molecule has 1 aliphatic rings. The van der Waals surface area contributed by atoms with Crippen LogP contribution < -0.4 is 10.2 Å². The molecule has 1 aliphatic heterocycles. The molecule has 2 aromatic heterocycles. The highest BCUT2D eigenvalue weighted by Crippen LogP contribution is 2.44. The average molecular weight is 501 g/mol. The summed E-state index contributed by atoms with van der Waals surface area (Å²) in [6.07, 6.45) is 1.84. The summed E-state index contributed by atoms with van der Waals surface area (Å²) in [6, 6.07) is 20.8. The van der Waals surface area contributed by atoms with E-state index >= 15 is 0 Å². The highest BCUT2D eigenvalue weighted by atomic mass is 35.5. The van der Waals surface area contributed by atoms with Crippen molar-refractivity contribution in [3.63, 3.8) is 0 Å². The first-order chi connectivity index (χ1) is 16.7. The van der Waals surface area contributed by atoms with Crippen molar-refractivity contribution in [2.75, 3.05) is 4.90 Å². The molecule has 6 heteroatoms. The van der Waals surface area contributed by atoms with Gasteiger partial charge >= 0.3 is 0 Å². The quantitative estimate of drug-likeness (QED) is 0.299. The van der Waals surface area contributed by atoms with Gasteiger partial charge in [0.25, 0.3) is 0 Å². The van der Waals surface area contributed by atoms with Crippen molar-refractivity contribution < 1.29 is 0 Å². The maximum Gasteiger partial charge on any atom is 0.174 e. The Morgan fingerprint density at radius 1 is 0.914 bits per heavy atom. The number of halogens is 1. The Morgan fingerprint density at radius 2 is 1.66 bits per heavy atom. The number of pyridine rings is 1. The third-order valence-corrected chi connectivity index (χ3v) is 7.33. The Morgan fingerprint density at radius 3 is 2.34 bits per heavy atom. The fraction of sp³-hybridized carbons (Fsp3) is 0.241. The summed E-state index contributed by atoms with van der Waals surface area (Å²) in [7, 11) is 0. The molecular weight excluding hydrogens is 472 g/mol. The molecule has 0 spiro atoms. The number of thiocarbonyl (C=S) groups is 1. The van der Waals surface area contributed by atoms with Crippen molar-refractivity contribution in [2.45, 2.75) is 46.7 Å². The van der Waals surface area contributed by atoms with Crippen molar-refractivity contribution in [3.05, 3.63) is 111 Å². The molecule has 0 bridgehead atoms. The molecule has 4 nitrogen and oxygen atoms in total. The van der Waals surface area contributed by atoms with Crippen LogP contribution in [0.4, 0.5) is 5.69 Å². The SMILES string of the molecule is Cc1cc(C)cc(N2C(=S)N[C@@H](c3ccccn3)[C@H]2c2cc(C)n(-c3cc(Cl)ccc3C)c2C)c1. The smallest absolute Gasteiger partial charge is 0.174 e. The fourth-order valence-electron chi connectivity index (χ4n) is 5.32. The van der Waals surface area contributed by atoms with Gasteiger partial charge in [-0.1, -0.05) is 29.8 Å². The van der Waals surface area contributed by atoms with Gasteiger partial charge in [0.15, 0.2) is 5.11 Å². The van der Waals surface area contributed by atoms with Gasteiger partial charge in [-0.3, -0.25) is 4.98 Å². The van der Waals surface area contributed by atoms with Crippen LogP contribution in [0, 0.1) is 34.6 Å². The minimum atomic E-state index is -0.0843. The van der Waals surface area contributed by atoms with E-state index in [0.717, 1.165) is 27.8 Å². The molecule has 5 rings (SSSR count). The van der Waals surface area contributed by atoms with E-state index in [0.29, 0.717) is 5.11 Å². The number of aryl methyl sites for hydroxylation is 4. The van der Waals surface area contributed by atoms with Crippen molar-refractivity contribution in [3.8, 4) is 5.69 Å². The average Bonchev–Trinajstić information content (AvgIpc) is 3.30. The Kier molecular flexibility index (Phi) is 6.16. The molecular formula is C29H29ClN4S. The summed E-state index contributed by atoms with van der Waals surface area (Å²) < 4.78 is 2.30. The number of hydrogen-bond acceptors (Lipinski definition) is 2. The topological polar surface area (TPSA) is 33.1 Å². The number of aromatic nitrogens is 2. The normalized spacial score (nSPS) is 17.7. The minimum absolute atomic E-state index is 0.0574. The lowest BCUT2D eigenvalue weighted by atomic mass is 9.96. The molecule has 0 unspecified atom stereocenters. The van der Waals surface area contributed by atoms with E-state index in [-0.39, 0.29) is 12.1 Å². The summed E-state index contributed by atoms with van der Waals surface area (Å²) in [6.45, 7) is 10.7. The first-order valence-corrected chi connectivity index (χ1v) is 12.6. The van der Waals surface area contributed by atoms with E-state index in [2.05, 4.69) is 85.8 Å². The predicted molar refractivity (Wildman–Crippen MR) is 149 cm³/mol. The maximum atomic E-state index is 6.40. The van der Waals surface area contributed by atoms with E-state index in [9.17, 15) is 0 Å². The number of rotatable bonds is 4. The molecule has 1 N–H and O–H groups in total. The van der Waals surface area contributed by atoms with Gasteiger partial charge in [0.1, 0.15) is 0 Å². The van der Waals surface area contributed by atoms with E-state index in [1.165, 1.54) is 27.9 Å². The van der Waals surface area contributed by atoms with Crippen LogP contribution in [0.15, 0.2) is 66.9 Å². The van der Waals surface area contributed by atoms with Gasteiger partial charge in [-0.25, -0.2) is 0 Å². The van der Waals surface area contributed by atoms with E-state index in [4.69, 9.17) is 28.8 Å². The number of anilines is 1. The molecule has 0 amide bonds. The number of benzene rings is 2. The van der Waals surface area contributed by atoms with Crippen LogP contribution in [0.25, 0.3) is 5.69 Å². The summed E-state index contributed by atoms with van der Waals surface area (Å²) in [5.41, 5.74) is 10.3. The molecule has 0 saturated carbocycles. The Bertz CT molecular complexity index is 1410. The first-order valence-electron chi connectivity index (χ1n) is 11.8. The van der Waals surface area contributed by atoms with Gasteiger partial charge in [-0.2, -0.15) is 0 Å². The second-order valence-corrected chi connectivity index (χ2v) is 10.3. The highest BCUT2D eigenvalue weighted by Gasteiger charge is 2.42. The lowest BCUT2D eigenvalue weighted by Gasteiger charge is -2.29. The lowest BCUT2D eigenvalue weighted by molar-refractivity contribution is 0.565. The zero-order chi connectivity index (χ0) is 24.9. The maximum absolute atomic E-state index is 6.40. The fourth-order valence-corrected chi connectivity index (χ4v) is 5.83. The van der Waals surface area contributed by atoms with Crippen molar-refractivity contribution in [2.24, 2.45) is 0 Å². The second kappa shape index (κ2) is 9.14. The molecule has 2 aromatic carbocycles. The third kappa shape index (κ3) is 4.24. The molecule has 35 heavy (non-hydrogen) atoms. The van der Waals surface area contributed by atoms with Gasteiger partial charge in [0, 0.05) is 34.0 Å². The van der Waals surface area contributed by atoms with Crippen molar-refractivity contribution in [1.82, 2.24) is 14.9 Å². The Balaban J connectivity index is 1.72. The zero-order valence-electron chi connectivity index (χ0n) is 20.6. The number of nitrogens with one attached hydrogen (secondary N) is 1. The molecule has 1 fully saturated rings. The number of nitrogens with zero attached hydrogens (tertiary/aromatic N) is 3. The summed E-state index contributed by atoms with van der Waals surface area (Å²) in [4.78, 5) is 6.96. The third-order valence-electron chi connectivity index (χ3n) is 6.78. The monoisotopic (exact) mass is 500 g/mol.